The number of carbonyl (C=O) groups is 1. The zero-order chi connectivity index (χ0) is 14.7. The van der Waals surface area contributed by atoms with Gasteiger partial charge in [-0.25, -0.2) is 0 Å². The second kappa shape index (κ2) is 5.88. The van der Waals surface area contributed by atoms with Crippen LogP contribution in [0.5, 0.6) is 0 Å². The number of nitrogens with two attached hydrogens (primary N) is 1. The van der Waals surface area contributed by atoms with Crippen molar-refractivity contribution in [2.24, 2.45) is 0 Å². The van der Waals surface area contributed by atoms with E-state index in [4.69, 9.17) is 17.3 Å². The molecular weight excluding hydrogens is 280 g/mol. The first-order valence-corrected chi connectivity index (χ1v) is 6.47. The molecule has 0 saturated carbocycles. The van der Waals surface area contributed by atoms with Crippen molar-refractivity contribution in [3.05, 3.63) is 61.9 Å². The van der Waals surface area contributed by atoms with Crippen molar-refractivity contribution >= 4 is 23.2 Å². The van der Waals surface area contributed by atoms with Crippen LogP contribution in [0.3, 0.4) is 0 Å². The highest BCUT2D eigenvalue weighted by atomic mass is 35.5. The summed E-state index contributed by atoms with van der Waals surface area (Å²) in [6.07, 6.45) is -0.186. The Morgan fingerprint density at radius 3 is 2.45 bits per heavy atom. The summed E-state index contributed by atoms with van der Waals surface area (Å²) < 4.78 is 0. The minimum atomic E-state index is -0.715. The predicted molar refractivity (Wildman–Crippen MR) is 77.5 cm³/mol. The molecule has 6 heteroatoms. The number of hydrogen-bond acceptors (Lipinski definition) is 4. The molecule has 1 amide bonds. The van der Waals surface area contributed by atoms with E-state index in [2.05, 4.69) is 5.32 Å². The molecule has 5 nitrogen and oxygen atoms in total. The van der Waals surface area contributed by atoms with Gasteiger partial charge in [-0.2, -0.15) is 0 Å². The van der Waals surface area contributed by atoms with E-state index in [1.165, 1.54) is 0 Å². The van der Waals surface area contributed by atoms with Crippen molar-refractivity contribution < 1.29 is 4.79 Å². The number of nitrogen functional groups attached to an aromatic ring is 1. The molecule has 0 radical (unpaired) electrons. The fourth-order valence-electron chi connectivity index (χ4n) is 1.84. The van der Waals surface area contributed by atoms with Gasteiger partial charge in [0.05, 0.1) is 17.5 Å². The summed E-state index contributed by atoms with van der Waals surface area (Å²) in [7, 11) is 0. The first kappa shape index (κ1) is 14.3. The molecule has 0 fully saturated rings. The minimum Gasteiger partial charge on any atom is -0.395 e. The number of halogens is 1. The molecule has 2 rings (SSSR count). The van der Waals surface area contributed by atoms with Crippen LogP contribution >= 0.6 is 11.6 Å². The van der Waals surface area contributed by atoms with Gasteiger partial charge in [0.15, 0.2) is 0 Å². The molecule has 0 spiro atoms. The van der Waals surface area contributed by atoms with Crippen molar-refractivity contribution in [3.63, 3.8) is 0 Å². The second-order valence-corrected chi connectivity index (χ2v) is 4.94. The lowest BCUT2D eigenvalue weighted by molar-refractivity contribution is -0.120. The van der Waals surface area contributed by atoms with Crippen LogP contribution in [0, 0.1) is 0 Å². The Labute approximate surface area is 120 Å². The van der Waals surface area contributed by atoms with Crippen LogP contribution in [0.2, 0.25) is 0 Å². The largest absolute Gasteiger partial charge is 0.395 e. The highest BCUT2D eigenvalue weighted by Gasteiger charge is 2.20. The molecule has 0 aromatic heterocycles. The first-order chi connectivity index (χ1) is 9.50. The molecule has 3 N–H and O–H groups in total. The second-order valence-electron chi connectivity index (χ2n) is 4.41. The zero-order valence-corrected chi connectivity index (χ0v) is 11.3. The van der Waals surface area contributed by atoms with Gasteiger partial charge in [0.25, 0.3) is 0 Å². The summed E-state index contributed by atoms with van der Waals surface area (Å²) in [6, 6.07) is 9.31. The Bertz CT molecular complexity index is 690. The fourth-order valence-corrected chi connectivity index (χ4v) is 2.06. The molecule has 2 aromatic carbocycles. The van der Waals surface area contributed by atoms with E-state index in [9.17, 15) is 14.4 Å². The summed E-state index contributed by atoms with van der Waals surface area (Å²) >= 11 is 6.14. The predicted octanol–water partition coefficient (Wildman–Crippen LogP) is 0.504. The third kappa shape index (κ3) is 2.88. The highest BCUT2D eigenvalue weighted by molar-refractivity contribution is 6.21. The highest BCUT2D eigenvalue weighted by Crippen LogP contribution is 2.18. The Morgan fingerprint density at radius 2 is 1.85 bits per heavy atom. The summed E-state index contributed by atoms with van der Waals surface area (Å²) in [4.78, 5) is 33.7. The number of anilines is 1. The van der Waals surface area contributed by atoms with Crippen LogP contribution in [-0.4, -0.2) is 12.5 Å². The normalized spacial score (nSPS) is 12.2. The smallest absolute Gasteiger partial charge is 0.249 e. The van der Waals surface area contributed by atoms with Crippen molar-refractivity contribution in [3.8, 4) is 0 Å². The van der Waals surface area contributed by atoms with Crippen LogP contribution in [0.25, 0.3) is 0 Å². The van der Waals surface area contributed by atoms with Crippen LogP contribution in [-0.2, 0) is 11.2 Å². The van der Waals surface area contributed by atoms with Gasteiger partial charge in [-0.1, -0.05) is 30.3 Å². The molecule has 104 valence electrons. The van der Waals surface area contributed by atoms with E-state index in [1.807, 2.05) is 30.3 Å². The monoisotopic (exact) mass is 292 g/mol. The van der Waals surface area contributed by atoms with Crippen molar-refractivity contribution in [2.45, 2.75) is 11.8 Å². The third-order valence-corrected chi connectivity index (χ3v) is 3.43. The quantitative estimate of drug-likeness (QED) is 0.620. The fraction of sp³-hybridized carbons (Fsp3) is 0.214. The topological polar surface area (TPSA) is 89.3 Å². The molecule has 0 aliphatic heterocycles. The summed E-state index contributed by atoms with van der Waals surface area (Å²) in [5, 5.41) is 2.26. The van der Waals surface area contributed by atoms with E-state index in [1.54, 1.807) is 0 Å². The van der Waals surface area contributed by atoms with Gasteiger partial charge in [0.2, 0.25) is 16.8 Å². The molecular formula is C14H13ClN2O3. The molecule has 0 aliphatic carbocycles. The summed E-state index contributed by atoms with van der Waals surface area (Å²) in [6.45, 7) is 0.236. The van der Waals surface area contributed by atoms with E-state index in [-0.39, 0.29) is 35.5 Å². The number of alkyl halides is 1. The number of nitrogens with one attached hydrogen (secondary N) is 1. The van der Waals surface area contributed by atoms with Gasteiger partial charge >= 0.3 is 0 Å². The summed E-state index contributed by atoms with van der Waals surface area (Å²) in [5.74, 6) is -0.384. The molecule has 2 aromatic rings. The number of benzene rings is 1. The van der Waals surface area contributed by atoms with Gasteiger partial charge < -0.3 is 11.1 Å². The molecule has 0 bridgehead atoms. The lowest BCUT2D eigenvalue weighted by atomic mass is 10.0. The number of hydrogen-bond donors (Lipinski definition) is 2. The molecule has 0 aliphatic rings. The number of carbonyl (C=O) groups excluding carboxylic acids is 1. The molecule has 0 heterocycles. The molecule has 1 atom stereocenters. The van der Waals surface area contributed by atoms with E-state index < -0.39 is 10.9 Å². The van der Waals surface area contributed by atoms with E-state index >= 15 is 0 Å². The maximum atomic E-state index is 11.7. The van der Waals surface area contributed by atoms with Gasteiger partial charge in [0, 0.05) is 12.1 Å². The Hall–Kier alpha value is -2.14. The van der Waals surface area contributed by atoms with E-state index in [0.29, 0.717) is 0 Å². The van der Waals surface area contributed by atoms with Gasteiger partial charge in [0.1, 0.15) is 0 Å². The van der Waals surface area contributed by atoms with Crippen LogP contribution in [0.1, 0.15) is 16.5 Å². The van der Waals surface area contributed by atoms with Crippen LogP contribution < -0.4 is 21.9 Å². The molecule has 20 heavy (non-hydrogen) atoms. The van der Waals surface area contributed by atoms with Crippen LogP contribution in [0.4, 0.5) is 5.69 Å². The zero-order valence-electron chi connectivity index (χ0n) is 10.6. The standard InChI is InChI=1S/C14H13ClN2O3/c15-10(8-4-2-1-3-5-8)7-17-11(18)6-9-12(16)14(20)13(9)19/h1-5,10H,6-7,16H2,(H,17,18). The SMILES string of the molecule is Nc1c(CC(=O)NCC(Cl)c2ccccc2)c(=O)c1=O. The van der Waals surface area contributed by atoms with Gasteiger partial charge in [-0.3, -0.25) is 14.4 Å². The maximum absolute atomic E-state index is 11.7. The minimum absolute atomic E-state index is 0.0818. The maximum Gasteiger partial charge on any atom is 0.249 e. The Kier molecular flexibility index (Phi) is 4.20. The van der Waals surface area contributed by atoms with Crippen LogP contribution in [0.15, 0.2) is 39.9 Å². The first-order valence-electron chi connectivity index (χ1n) is 6.04. The average molecular weight is 293 g/mol. The Balaban J connectivity index is 1.87. The van der Waals surface area contributed by atoms with Crippen molar-refractivity contribution in [1.82, 2.24) is 5.32 Å². The summed E-state index contributed by atoms with van der Waals surface area (Å²) in [5.41, 5.74) is 4.82. The van der Waals surface area contributed by atoms with Gasteiger partial charge in [-0.15, -0.1) is 11.6 Å². The van der Waals surface area contributed by atoms with Crippen molar-refractivity contribution in [1.29, 1.82) is 0 Å². The van der Waals surface area contributed by atoms with E-state index in [0.717, 1.165) is 5.56 Å². The molecule has 0 saturated heterocycles. The lowest BCUT2D eigenvalue weighted by Crippen LogP contribution is -2.41. The third-order valence-electron chi connectivity index (χ3n) is 3.03. The number of amides is 1. The molecule has 1 unspecified atom stereocenters. The Morgan fingerprint density at radius 1 is 1.20 bits per heavy atom. The average Bonchev–Trinajstić information content (AvgIpc) is 2.49. The van der Waals surface area contributed by atoms with Crippen molar-refractivity contribution in [2.75, 3.05) is 12.3 Å². The van der Waals surface area contributed by atoms with Gasteiger partial charge in [-0.05, 0) is 5.56 Å². The lowest BCUT2D eigenvalue weighted by Gasteiger charge is -2.12. The number of rotatable bonds is 5.